The Morgan fingerprint density at radius 2 is 2.40 bits per heavy atom. The van der Waals surface area contributed by atoms with Crippen LogP contribution in [0.3, 0.4) is 0 Å². The molecule has 0 radical (unpaired) electrons. The number of aliphatic hydroxyl groups excluding tert-OH is 1. The summed E-state index contributed by atoms with van der Waals surface area (Å²) in [6.07, 6.45) is 0.529. The third kappa shape index (κ3) is 2.40. The van der Waals surface area contributed by atoms with Gasteiger partial charge >= 0.3 is 0 Å². The largest absolute Gasteiger partial charge is 0.393 e. The highest BCUT2D eigenvalue weighted by Crippen LogP contribution is 2.22. The van der Waals surface area contributed by atoms with Crippen molar-refractivity contribution in [2.24, 2.45) is 0 Å². The molecule has 0 aliphatic heterocycles. The van der Waals surface area contributed by atoms with Gasteiger partial charge in [-0.05, 0) is 35.0 Å². The van der Waals surface area contributed by atoms with Crippen LogP contribution in [0.4, 0.5) is 0 Å². The van der Waals surface area contributed by atoms with Crippen LogP contribution in [0.25, 0.3) is 0 Å². The van der Waals surface area contributed by atoms with Crippen molar-refractivity contribution in [1.29, 1.82) is 0 Å². The van der Waals surface area contributed by atoms with Crippen molar-refractivity contribution < 1.29 is 5.11 Å². The van der Waals surface area contributed by atoms with Gasteiger partial charge in [0.25, 0.3) is 0 Å². The topological polar surface area (TPSA) is 20.2 Å². The molecule has 1 rings (SSSR count). The molecule has 1 atom stereocenters. The number of thiophene rings is 1. The van der Waals surface area contributed by atoms with E-state index in [4.69, 9.17) is 5.11 Å². The van der Waals surface area contributed by atoms with E-state index >= 15 is 0 Å². The third-order valence-electron chi connectivity index (χ3n) is 1.13. The molecule has 0 aliphatic carbocycles. The van der Waals surface area contributed by atoms with Crippen molar-refractivity contribution >= 4 is 27.3 Å². The zero-order valence-electron chi connectivity index (χ0n) is 5.67. The molecule has 1 nitrogen and oxygen atoms in total. The van der Waals surface area contributed by atoms with E-state index in [1.165, 1.54) is 4.88 Å². The van der Waals surface area contributed by atoms with Crippen LogP contribution in [0.2, 0.25) is 0 Å². The van der Waals surface area contributed by atoms with Gasteiger partial charge in [0, 0.05) is 11.3 Å². The van der Waals surface area contributed by atoms with E-state index in [0.717, 1.165) is 10.2 Å². The molecule has 0 saturated heterocycles. The lowest BCUT2D eigenvalue weighted by Gasteiger charge is -1.98. The SMILES string of the molecule is C[C@H](O)Cc1ccc(Br)s1. The Morgan fingerprint density at radius 1 is 1.70 bits per heavy atom. The predicted molar refractivity (Wildman–Crippen MR) is 47.4 cm³/mol. The molecule has 1 N–H and O–H groups in total. The molecule has 0 saturated carbocycles. The third-order valence-corrected chi connectivity index (χ3v) is 2.77. The Kier molecular flexibility index (Phi) is 2.89. The highest BCUT2D eigenvalue weighted by Gasteiger charge is 2.00. The maximum atomic E-state index is 9.01. The van der Waals surface area contributed by atoms with E-state index in [-0.39, 0.29) is 6.10 Å². The zero-order chi connectivity index (χ0) is 7.56. The molecule has 10 heavy (non-hydrogen) atoms. The Balaban J connectivity index is 2.58. The van der Waals surface area contributed by atoms with Crippen molar-refractivity contribution in [3.63, 3.8) is 0 Å². The first-order valence-electron chi connectivity index (χ1n) is 3.11. The Labute approximate surface area is 72.8 Å². The molecule has 1 heterocycles. The first-order valence-corrected chi connectivity index (χ1v) is 4.71. The van der Waals surface area contributed by atoms with Crippen LogP contribution in [0.15, 0.2) is 15.9 Å². The van der Waals surface area contributed by atoms with Crippen LogP contribution < -0.4 is 0 Å². The summed E-state index contributed by atoms with van der Waals surface area (Å²) < 4.78 is 1.13. The highest BCUT2D eigenvalue weighted by atomic mass is 79.9. The molecule has 0 amide bonds. The summed E-state index contributed by atoms with van der Waals surface area (Å²) in [5.74, 6) is 0. The summed E-state index contributed by atoms with van der Waals surface area (Å²) in [4.78, 5) is 1.22. The molecular weight excluding hydrogens is 212 g/mol. The van der Waals surface area contributed by atoms with Crippen molar-refractivity contribution in [3.05, 3.63) is 20.8 Å². The van der Waals surface area contributed by atoms with Crippen molar-refractivity contribution in [1.82, 2.24) is 0 Å². The van der Waals surface area contributed by atoms with Gasteiger partial charge in [0.05, 0.1) is 9.89 Å². The van der Waals surface area contributed by atoms with Crippen LogP contribution in [-0.4, -0.2) is 11.2 Å². The highest BCUT2D eigenvalue weighted by molar-refractivity contribution is 9.11. The van der Waals surface area contributed by atoms with E-state index < -0.39 is 0 Å². The Bertz CT molecular complexity index is 207. The lowest BCUT2D eigenvalue weighted by Crippen LogP contribution is -2.01. The van der Waals surface area contributed by atoms with Crippen LogP contribution in [0.5, 0.6) is 0 Å². The lowest BCUT2D eigenvalue weighted by molar-refractivity contribution is 0.196. The first kappa shape index (κ1) is 8.24. The van der Waals surface area contributed by atoms with E-state index in [1.54, 1.807) is 18.3 Å². The molecule has 56 valence electrons. The molecule has 0 bridgehead atoms. The minimum atomic E-state index is -0.231. The maximum absolute atomic E-state index is 9.01. The van der Waals surface area contributed by atoms with E-state index in [2.05, 4.69) is 15.9 Å². The minimum absolute atomic E-state index is 0.231. The van der Waals surface area contributed by atoms with Gasteiger partial charge in [-0.1, -0.05) is 0 Å². The van der Waals surface area contributed by atoms with E-state index in [0.29, 0.717) is 0 Å². The summed E-state index contributed by atoms with van der Waals surface area (Å²) in [7, 11) is 0. The quantitative estimate of drug-likeness (QED) is 0.813. The number of rotatable bonds is 2. The molecule has 3 heteroatoms. The normalized spacial score (nSPS) is 13.5. The minimum Gasteiger partial charge on any atom is -0.393 e. The summed E-state index contributed by atoms with van der Waals surface area (Å²) in [6, 6.07) is 4.03. The van der Waals surface area contributed by atoms with Gasteiger partial charge in [-0.2, -0.15) is 0 Å². The standard InChI is InChI=1S/C7H9BrOS/c1-5(9)4-6-2-3-7(8)10-6/h2-3,5,9H,4H2,1H3/t5-/m0/s1. The van der Waals surface area contributed by atoms with Crippen LogP contribution in [-0.2, 0) is 6.42 Å². The van der Waals surface area contributed by atoms with Gasteiger partial charge < -0.3 is 5.11 Å². The van der Waals surface area contributed by atoms with Crippen molar-refractivity contribution in [3.8, 4) is 0 Å². The molecule has 0 fully saturated rings. The number of hydrogen-bond donors (Lipinski definition) is 1. The number of aliphatic hydroxyl groups is 1. The van der Waals surface area contributed by atoms with Crippen molar-refractivity contribution in [2.75, 3.05) is 0 Å². The Hall–Kier alpha value is 0.140. The summed E-state index contributed by atoms with van der Waals surface area (Å²) in [5, 5.41) is 9.01. The number of halogens is 1. The van der Waals surface area contributed by atoms with E-state index in [1.807, 2.05) is 12.1 Å². The molecular formula is C7H9BrOS. The Morgan fingerprint density at radius 3 is 2.80 bits per heavy atom. The summed E-state index contributed by atoms with van der Waals surface area (Å²) in [6.45, 7) is 1.80. The fraction of sp³-hybridized carbons (Fsp3) is 0.429. The average molecular weight is 221 g/mol. The van der Waals surface area contributed by atoms with Gasteiger partial charge in [-0.3, -0.25) is 0 Å². The monoisotopic (exact) mass is 220 g/mol. The average Bonchev–Trinajstić information content (AvgIpc) is 2.13. The molecule has 1 aromatic heterocycles. The molecule has 1 aromatic rings. The second-order valence-electron chi connectivity index (χ2n) is 2.26. The molecule has 0 aromatic carbocycles. The van der Waals surface area contributed by atoms with Gasteiger partial charge in [0.1, 0.15) is 0 Å². The van der Waals surface area contributed by atoms with Crippen LogP contribution >= 0.6 is 27.3 Å². The van der Waals surface area contributed by atoms with Gasteiger partial charge in [0.15, 0.2) is 0 Å². The molecule has 0 aliphatic rings. The van der Waals surface area contributed by atoms with Gasteiger partial charge in [-0.25, -0.2) is 0 Å². The molecule has 0 spiro atoms. The fourth-order valence-electron chi connectivity index (χ4n) is 0.753. The second-order valence-corrected chi connectivity index (χ2v) is 4.81. The fourth-order valence-corrected chi connectivity index (χ4v) is 2.36. The molecule has 0 unspecified atom stereocenters. The van der Waals surface area contributed by atoms with Crippen LogP contribution in [0.1, 0.15) is 11.8 Å². The lowest BCUT2D eigenvalue weighted by atomic mass is 10.2. The predicted octanol–water partition coefficient (Wildman–Crippen LogP) is 2.43. The van der Waals surface area contributed by atoms with E-state index in [9.17, 15) is 0 Å². The summed E-state index contributed by atoms with van der Waals surface area (Å²) in [5.41, 5.74) is 0. The van der Waals surface area contributed by atoms with Crippen molar-refractivity contribution in [2.45, 2.75) is 19.4 Å². The van der Waals surface area contributed by atoms with Gasteiger partial charge in [0.2, 0.25) is 0 Å². The second kappa shape index (κ2) is 3.51. The summed E-state index contributed by atoms with van der Waals surface area (Å²) >= 11 is 5.03. The number of hydrogen-bond acceptors (Lipinski definition) is 2. The van der Waals surface area contributed by atoms with Gasteiger partial charge in [-0.15, -0.1) is 11.3 Å². The van der Waals surface area contributed by atoms with Crippen LogP contribution in [0, 0.1) is 0 Å². The zero-order valence-corrected chi connectivity index (χ0v) is 8.08. The smallest absolute Gasteiger partial charge is 0.0701 e. The maximum Gasteiger partial charge on any atom is 0.0701 e. The first-order chi connectivity index (χ1) is 4.68.